The van der Waals surface area contributed by atoms with E-state index in [-0.39, 0.29) is 5.57 Å². The third kappa shape index (κ3) is 7.10. The lowest BCUT2D eigenvalue weighted by Gasteiger charge is -2.13. The van der Waals surface area contributed by atoms with E-state index in [1.54, 1.807) is 36.4 Å². The van der Waals surface area contributed by atoms with Crippen LogP contribution >= 0.6 is 11.6 Å². The molecule has 0 saturated heterocycles. The Balaban J connectivity index is 1.75. The first-order valence-electron chi connectivity index (χ1n) is 10.7. The van der Waals surface area contributed by atoms with Gasteiger partial charge < -0.3 is 19.5 Å². The number of halogens is 1. The van der Waals surface area contributed by atoms with Crippen LogP contribution in [-0.4, -0.2) is 25.6 Å². The Hall–Kier alpha value is -4.28. The number of carbonyl (C=O) groups is 2. The highest BCUT2D eigenvalue weighted by atomic mass is 35.5. The van der Waals surface area contributed by atoms with Gasteiger partial charge in [-0.05, 0) is 72.7 Å². The van der Waals surface area contributed by atoms with E-state index >= 15 is 0 Å². The molecule has 0 aliphatic heterocycles. The summed E-state index contributed by atoms with van der Waals surface area (Å²) in [6, 6.07) is 20.6. The van der Waals surface area contributed by atoms with Crippen LogP contribution in [0.5, 0.6) is 11.5 Å². The molecule has 0 saturated carbocycles. The fourth-order valence-electron chi connectivity index (χ4n) is 3.11. The molecule has 0 bridgehead atoms. The molecule has 1 amide bonds. The third-order valence-electron chi connectivity index (χ3n) is 4.79. The van der Waals surface area contributed by atoms with Crippen LogP contribution in [0.2, 0.25) is 5.02 Å². The maximum absolute atomic E-state index is 12.6. The van der Waals surface area contributed by atoms with Gasteiger partial charge in [0.2, 0.25) is 0 Å². The summed E-state index contributed by atoms with van der Waals surface area (Å²) in [7, 11) is 1.29. The monoisotopic (exact) mass is 490 g/mol. The zero-order chi connectivity index (χ0) is 25.2. The Morgan fingerprint density at radius 1 is 1.03 bits per heavy atom. The molecule has 0 radical (unpaired) electrons. The maximum Gasteiger partial charge on any atom is 0.337 e. The van der Waals surface area contributed by atoms with Crippen molar-refractivity contribution in [3.8, 4) is 17.6 Å². The van der Waals surface area contributed by atoms with E-state index in [0.717, 1.165) is 5.56 Å². The molecule has 3 rings (SSSR count). The Morgan fingerprint density at radius 2 is 1.80 bits per heavy atom. The van der Waals surface area contributed by atoms with Gasteiger partial charge in [0.25, 0.3) is 5.91 Å². The quantitative estimate of drug-likeness (QED) is 0.236. The minimum atomic E-state index is -0.586. The Morgan fingerprint density at radius 3 is 2.46 bits per heavy atom. The molecule has 3 aromatic rings. The van der Waals surface area contributed by atoms with Gasteiger partial charge in [-0.2, -0.15) is 5.26 Å². The number of methoxy groups -OCH3 is 1. The minimum Gasteiger partial charge on any atom is -0.490 e. The largest absolute Gasteiger partial charge is 0.490 e. The van der Waals surface area contributed by atoms with Crippen LogP contribution in [0.15, 0.2) is 72.3 Å². The van der Waals surface area contributed by atoms with Gasteiger partial charge in [-0.1, -0.05) is 29.8 Å². The molecule has 178 valence electrons. The number of esters is 1. The number of rotatable bonds is 9. The molecule has 1 N–H and O–H groups in total. The summed E-state index contributed by atoms with van der Waals surface area (Å²) >= 11 is 6.03. The van der Waals surface area contributed by atoms with E-state index in [9.17, 15) is 14.9 Å². The second-order valence-corrected chi connectivity index (χ2v) is 7.69. The van der Waals surface area contributed by atoms with Crippen LogP contribution in [-0.2, 0) is 16.1 Å². The fraction of sp³-hybridized carbons (Fsp3) is 0.148. The van der Waals surface area contributed by atoms with Crippen LogP contribution in [0.3, 0.4) is 0 Å². The highest BCUT2D eigenvalue weighted by Gasteiger charge is 2.13. The molecule has 0 aromatic heterocycles. The summed E-state index contributed by atoms with van der Waals surface area (Å²) in [6.45, 7) is 2.56. The van der Waals surface area contributed by atoms with E-state index in [4.69, 9.17) is 21.1 Å². The van der Waals surface area contributed by atoms with Crippen molar-refractivity contribution in [1.82, 2.24) is 0 Å². The number of nitrogens with zero attached hydrogens (tertiary/aromatic N) is 1. The average molecular weight is 491 g/mol. The highest BCUT2D eigenvalue weighted by Crippen LogP contribution is 2.30. The van der Waals surface area contributed by atoms with Crippen molar-refractivity contribution in [2.75, 3.05) is 19.0 Å². The molecule has 0 fully saturated rings. The maximum atomic E-state index is 12.6. The third-order valence-corrected chi connectivity index (χ3v) is 5.03. The van der Waals surface area contributed by atoms with Crippen molar-refractivity contribution in [2.24, 2.45) is 0 Å². The van der Waals surface area contributed by atoms with E-state index in [1.807, 2.05) is 31.2 Å². The molecule has 3 aromatic carbocycles. The molecule has 0 unspecified atom stereocenters. The number of amides is 1. The zero-order valence-electron chi connectivity index (χ0n) is 19.2. The van der Waals surface area contributed by atoms with Crippen molar-refractivity contribution < 1.29 is 23.8 Å². The number of ether oxygens (including phenoxy) is 3. The van der Waals surface area contributed by atoms with E-state index in [2.05, 4.69) is 10.1 Å². The normalized spacial score (nSPS) is 10.7. The molecular weight excluding hydrogens is 468 g/mol. The summed E-state index contributed by atoms with van der Waals surface area (Å²) < 4.78 is 16.2. The number of nitrogens with one attached hydrogen (secondary N) is 1. The molecule has 0 heterocycles. The SMILES string of the molecule is CCOc1cc(/C=C(\C#N)C(=O)Nc2ccc(C(=O)OC)cc2)ccc1OCc1cccc(Cl)c1. The number of anilines is 1. The van der Waals surface area contributed by atoms with Gasteiger partial charge in [0, 0.05) is 10.7 Å². The first-order valence-corrected chi connectivity index (χ1v) is 11.1. The summed E-state index contributed by atoms with van der Waals surface area (Å²) in [6.07, 6.45) is 1.46. The van der Waals surface area contributed by atoms with Crippen molar-refractivity contribution in [3.05, 3.63) is 94.0 Å². The smallest absolute Gasteiger partial charge is 0.337 e. The number of carbonyl (C=O) groups excluding carboxylic acids is 2. The summed E-state index contributed by atoms with van der Waals surface area (Å²) in [5.41, 5.74) is 2.19. The number of hydrogen-bond acceptors (Lipinski definition) is 6. The Labute approximate surface area is 208 Å². The standard InChI is InChI=1S/C27H23ClN2O5/c1-3-34-25-15-18(7-12-24(25)35-17-19-5-4-6-22(28)14-19)13-21(16-29)26(31)30-23-10-8-20(9-11-23)27(32)33-2/h4-15H,3,17H2,1-2H3,(H,30,31)/b21-13+. The lowest BCUT2D eigenvalue weighted by molar-refractivity contribution is -0.112. The van der Waals surface area contributed by atoms with E-state index in [0.29, 0.717) is 46.5 Å². The first kappa shape index (κ1) is 25.3. The average Bonchev–Trinajstić information content (AvgIpc) is 2.87. The second-order valence-electron chi connectivity index (χ2n) is 7.25. The summed E-state index contributed by atoms with van der Waals surface area (Å²) in [4.78, 5) is 24.2. The predicted octanol–water partition coefficient (Wildman–Crippen LogP) is 5.65. The van der Waals surface area contributed by atoms with Gasteiger partial charge in [0.05, 0.1) is 19.3 Å². The van der Waals surface area contributed by atoms with Crippen LogP contribution in [0.1, 0.15) is 28.4 Å². The lowest BCUT2D eigenvalue weighted by atomic mass is 10.1. The van der Waals surface area contributed by atoms with Crippen molar-refractivity contribution >= 4 is 35.2 Å². The number of benzene rings is 3. The fourth-order valence-corrected chi connectivity index (χ4v) is 3.32. The zero-order valence-corrected chi connectivity index (χ0v) is 20.0. The van der Waals surface area contributed by atoms with Crippen molar-refractivity contribution in [2.45, 2.75) is 13.5 Å². The Kier molecular flexibility index (Phi) is 8.88. The Bertz CT molecular complexity index is 1280. The van der Waals surface area contributed by atoms with Gasteiger partial charge in [-0.25, -0.2) is 4.79 Å². The van der Waals surface area contributed by atoms with Crippen molar-refractivity contribution in [1.29, 1.82) is 5.26 Å². The second kappa shape index (κ2) is 12.3. The molecule has 0 aliphatic rings. The number of hydrogen-bond donors (Lipinski definition) is 1. The van der Waals surface area contributed by atoms with Gasteiger partial charge in [-0.15, -0.1) is 0 Å². The predicted molar refractivity (Wildman–Crippen MR) is 133 cm³/mol. The topological polar surface area (TPSA) is 97.7 Å². The number of nitriles is 1. The first-order chi connectivity index (χ1) is 16.9. The molecule has 0 spiro atoms. The summed E-state index contributed by atoms with van der Waals surface area (Å²) in [5.74, 6) is -0.0554. The van der Waals surface area contributed by atoms with Crippen LogP contribution in [0.25, 0.3) is 6.08 Å². The van der Waals surface area contributed by atoms with Crippen LogP contribution < -0.4 is 14.8 Å². The van der Waals surface area contributed by atoms with Crippen molar-refractivity contribution in [3.63, 3.8) is 0 Å². The lowest BCUT2D eigenvalue weighted by Crippen LogP contribution is -2.13. The molecule has 0 atom stereocenters. The molecule has 7 nitrogen and oxygen atoms in total. The van der Waals surface area contributed by atoms with Gasteiger partial charge in [-0.3, -0.25) is 4.79 Å². The molecular formula is C27H23ClN2O5. The van der Waals surface area contributed by atoms with E-state index in [1.165, 1.54) is 25.3 Å². The summed E-state index contributed by atoms with van der Waals surface area (Å²) in [5, 5.41) is 12.8. The van der Waals surface area contributed by atoms with Crippen LogP contribution in [0.4, 0.5) is 5.69 Å². The minimum absolute atomic E-state index is 0.0999. The van der Waals surface area contributed by atoms with Gasteiger partial charge in [0.15, 0.2) is 11.5 Å². The molecule has 8 heteroatoms. The van der Waals surface area contributed by atoms with Gasteiger partial charge in [0.1, 0.15) is 18.2 Å². The van der Waals surface area contributed by atoms with E-state index < -0.39 is 11.9 Å². The van der Waals surface area contributed by atoms with Gasteiger partial charge >= 0.3 is 5.97 Å². The molecule has 35 heavy (non-hydrogen) atoms. The highest BCUT2D eigenvalue weighted by molar-refractivity contribution is 6.30. The van der Waals surface area contributed by atoms with Crippen LogP contribution in [0, 0.1) is 11.3 Å². The molecule has 0 aliphatic carbocycles.